The van der Waals surface area contributed by atoms with Gasteiger partial charge in [0, 0.05) is 30.3 Å². The first-order chi connectivity index (χ1) is 13.8. The highest BCUT2D eigenvalue weighted by atomic mass is 32.2. The maximum absolute atomic E-state index is 13.2. The number of carbonyl (C=O) groups is 1. The van der Waals surface area contributed by atoms with E-state index < -0.39 is 0 Å². The van der Waals surface area contributed by atoms with Crippen LogP contribution in [0, 0.1) is 0 Å². The molecule has 0 radical (unpaired) electrons. The minimum absolute atomic E-state index is 0.173. The molecular formula is C23H33NO3S. The zero-order valence-electron chi connectivity index (χ0n) is 16.8. The van der Waals surface area contributed by atoms with Crippen LogP contribution >= 0.6 is 11.8 Å². The minimum atomic E-state index is 0.173. The van der Waals surface area contributed by atoms with Crippen molar-refractivity contribution in [2.75, 3.05) is 25.4 Å². The summed E-state index contributed by atoms with van der Waals surface area (Å²) >= 11 is 1.76. The molecule has 1 unspecified atom stereocenters. The molecule has 1 atom stereocenters. The summed E-state index contributed by atoms with van der Waals surface area (Å²) in [7, 11) is 0. The van der Waals surface area contributed by atoms with Gasteiger partial charge in [0.05, 0.1) is 23.9 Å². The van der Waals surface area contributed by atoms with Gasteiger partial charge in [-0.2, -0.15) is 0 Å². The molecule has 0 aromatic heterocycles. The molecule has 3 aliphatic rings. The van der Waals surface area contributed by atoms with E-state index in [1.165, 1.54) is 32.1 Å². The van der Waals surface area contributed by atoms with Crippen LogP contribution in [0.25, 0.3) is 0 Å². The van der Waals surface area contributed by atoms with Crippen molar-refractivity contribution in [3.8, 4) is 0 Å². The zero-order chi connectivity index (χ0) is 19.2. The summed E-state index contributed by atoms with van der Waals surface area (Å²) in [5.74, 6) is 1.10. The average molecular weight is 404 g/mol. The molecule has 2 saturated heterocycles. The van der Waals surface area contributed by atoms with Gasteiger partial charge in [0.25, 0.3) is 5.91 Å². The van der Waals surface area contributed by atoms with Gasteiger partial charge < -0.3 is 14.4 Å². The third-order valence-electron chi connectivity index (χ3n) is 6.23. The first-order valence-electron chi connectivity index (χ1n) is 11.1. The fourth-order valence-electron chi connectivity index (χ4n) is 4.57. The summed E-state index contributed by atoms with van der Waals surface area (Å²) in [4.78, 5) is 16.3. The minimum Gasteiger partial charge on any atom is -0.377 e. The molecule has 3 fully saturated rings. The van der Waals surface area contributed by atoms with Crippen LogP contribution in [0.1, 0.15) is 68.1 Å². The molecule has 28 heavy (non-hydrogen) atoms. The summed E-state index contributed by atoms with van der Waals surface area (Å²) in [6, 6.07) is 8.05. The molecule has 0 N–H and O–H groups in total. The van der Waals surface area contributed by atoms with Crippen LogP contribution in [-0.2, 0) is 9.47 Å². The van der Waals surface area contributed by atoms with E-state index in [0.29, 0.717) is 18.3 Å². The highest BCUT2D eigenvalue weighted by molar-refractivity contribution is 7.99. The Morgan fingerprint density at radius 1 is 1.00 bits per heavy atom. The van der Waals surface area contributed by atoms with E-state index in [1.807, 2.05) is 23.1 Å². The number of hydrogen-bond donors (Lipinski definition) is 0. The number of amides is 1. The lowest BCUT2D eigenvalue weighted by molar-refractivity contribution is -0.0527. The second-order valence-electron chi connectivity index (χ2n) is 8.33. The Morgan fingerprint density at radius 3 is 2.50 bits per heavy atom. The number of rotatable bonds is 6. The molecule has 154 valence electrons. The topological polar surface area (TPSA) is 38.8 Å². The third kappa shape index (κ3) is 5.31. The molecular weight excluding hydrogens is 370 g/mol. The number of benzene rings is 1. The van der Waals surface area contributed by atoms with Crippen molar-refractivity contribution in [1.29, 1.82) is 0 Å². The zero-order valence-corrected chi connectivity index (χ0v) is 17.6. The fraction of sp³-hybridized carbons (Fsp3) is 0.696. The lowest BCUT2D eigenvalue weighted by Gasteiger charge is -2.35. The monoisotopic (exact) mass is 403 g/mol. The summed E-state index contributed by atoms with van der Waals surface area (Å²) in [5.41, 5.74) is 0.845. The molecule has 4 rings (SSSR count). The Hall–Kier alpha value is -1.04. The number of likely N-dealkylation sites (tertiary alicyclic amines) is 1. The third-order valence-corrected chi connectivity index (χ3v) is 7.44. The maximum Gasteiger partial charge on any atom is 0.254 e. The van der Waals surface area contributed by atoms with Crippen LogP contribution in [0.15, 0.2) is 29.2 Å². The quantitative estimate of drug-likeness (QED) is 0.633. The normalized spacial score (nSPS) is 24.6. The van der Waals surface area contributed by atoms with Crippen molar-refractivity contribution in [3.63, 3.8) is 0 Å². The van der Waals surface area contributed by atoms with Crippen LogP contribution in [0.3, 0.4) is 0 Å². The Bertz CT molecular complexity index is 632. The van der Waals surface area contributed by atoms with Crippen molar-refractivity contribution in [3.05, 3.63) is 29.8 Å². The second-order valence-corrected chi connectivity index (χ2v) is 9.39. The lowest BCUT2D eigenvalue weighted by Crippen LogP contribution is -2.42. The Balaban J connectivity index is 1.29. The summed E-state index contributed by atoms with van der Waals surface area (Å²) < 4.78 is 12.1. The van der Waals surface area contributed by atoms with Crippen LogP contribution < -0.4 is 0 Å². The first-order valence-corrected chi connectivity index (χ1v) is 12.1. The van der Waals surface area contributed by atoms with Gasteiger partial charge in [-0.15, -0.1) is 11.8 Å². The van der Waals surface area contributed by atoms with Crippen LogP contribution in [0.5, 0.6) is 0 Å². The van der Waals surface area contributed by atoms with Gasteiger partial charge in [0.1, 0.15) is 0 Å². The average Bonchev–Trinajstić information content (AvgIpc) is 3.27. The SMILES string of the molecule is O=C(c1ccccc1SCC1CCCO1)N1CCC(OC2CCCCC2)CC1. The van der Waals surface area contributed by atoms with E-state index in [0.717, 1.165) is 61.6 Å². The van der Waals surface area contributed by atoms with Crippen molar-refractivity contribution < 1.29 is 14.3 Å². The Morgan fingerprint density at radius 2 is 1.75 bits per heavy atom. The van der Waals surface area contributed by atoms with E-state index in [1.54, 1.807) is 11.8 Å². The van der Waals surface area contributed by atoms with Crippen molar-refractivity contribution in [1.82, 2.24) is 4.90 Å². The molecule has 2 heterocycles. The van der Waals surface area contributed by atoms with E-state index in [-0.39, 0.29) is 5.91 Å². The van der Waals surface area contributed by atoms with Crippen molar-refractivity contribution in [2.24, 2.45) is 0 Å². The molecule has 0 bridgehead atoms. The second kappa shape index (κ2) is 10.1. The predicted octanol–water partition coefficient (Wildman–Crippen LogP) is 4.91. The van der Waals surface area contributed by atoms with Gasteiger partial charge in [-0.1, -0.05) is 31.4 Å². The number of hydrogen-bond acceptors (Lipinski definition) is 4. The summed E-state index contributed by atoms with van der Waals surface area (Å²) in [5, 5.41) is 0. The van der Waals surface area contributed by atoms with E-state index in [2.05, 4.69) is 6.07 Å². The number of nitrogens with zero attached hydrogens (tertiary/aromatic N) is 1. The van der Waals surface area contributed by atoms with Crippen LogP contribution in [0.4, 0.5) is 0 Å². The Labute approximate surface area is 173 Å². The highest BCUT2D eigenvalue weighted by Crippen LogP contribution is 2.29. The Kier molecular flexibility index (Phi) is 7.32. The summed E-state index contributed by atoms with van der Waals surface area (Å²) in [6.07, 6.45) is 11.8. The van der Waals surface area contributed by atoms with Crippen LogP contribution in [0.2, 0.25) is 0 Å². The smallest absolute Gasteiger partial charge is 0.254 e. The maximum atomic E-state index is 13.2. The molecule has 1 amide bonds. The predicted molar refractivity (Wildman–Crippen MR) is 113 cm³/mol. The van der Waals surface area contributed by atoms with Gasteiger partial charge in [-0.3, -0.25) is 4.79 Å². The van der Waals surface area contributed by atoms with E-state index >= 15 is 0 Å². The van der Waals surface area contributed by atoms with Crippen LogP contribution in [-0.4, -0.2) is 54.6 Å². The number of piperidine rings is 1. The van der Waals surface area contributed by atoms with Crippen molar-refractivity contribution in [2.45, 2.75) is 81.0 Å². The molecule has 0 spiro atoms. The van der Waals surface area contributed by atoms with E-state index in [4.69, 9.17) is 9.47 Å². The fourth-order valence-corrected chi connectivity index (χ4v) is 5.68. The van der Waals surface area contributed by atoms with Gasteiger partial charge >= 0.3 is 0 Å². The van der Waals surface area contributed by atoms with Gasteiger partial charge in [-0.05, 0) is 50.7 Å². The first kappa shape index (κ1) is 20.2. The standard InChI is InChI=1S/C23H33NO3S/c25-23(21-10-4-5-11-22(21)28-17-20-9-6-16-26-20)24-14-12-19(13-15-24)27-18-7-2-1-3-8-18/h4-5,10-11,18-20H,1-3,6-9,12-17H2. The number of thioether (sulfide) groups is 1. The molecule has 1 aromatic carbocycles. The van der Waals surface area contributed by atoms with Gasteiger partial charge in [0.2, 0.25) is 0 Å². The number of carbonyl (C=O) groups excluding carboxylic acids is 1. The van der Waals surface area contributed by atoms with Crippen molar-refractivity contribution >= 4 is 17.7 Å². The largest absolute Gasteiger partial charge is 0.377 e. The van der Waals surface area contributed by atoms with E-state index in [9.17, 15) is 4.79 Å². The summed E-state index contributed by atoms with van der Waals surface area (Å²) in [6.45, 7) is 2.49. The lowest BCUT2D eigenvalue weighted by atomic mass is 9.97. The van der Waals surface area contributed by atoms with Gasteiger partial charge in [0.15, 0.2) is 0 Å². The molecule has 5 heteroatoms. The number of ether oxygens (including phenoxy) is 2. The molecule has 1 saturated carbocycles. The highest BCUT2D eigenvalue weighted by Gasteiger charge is 2.28. The molecule has 1 aromatic rings. The van der Waals surface area contributed by atoms with Gasteiger partial charge in [-0.25, -0.2) is 0 Å². The molecule has 1 aliphatic carbocycles. The molecule has 4 nitrogen and oxygen atoms in total. The molecule has 2 aliphatic heterocycles.